The summed E-state index contributed by atoms with van der Waals surface area (Å²) in [6, 6.07) is 11.4. The molecule has 4 N–H and O–H groups in total. The maximum atomic E-state index is 12.7. The van der Waals surface area contributed by atoms with Crippen molar-refractivity contribution in [2.75, 3.05) is 18.9 Å². The summed E-state index contributed by atoms with van der Waals surface area (Å²) < 4.78 is 47.9. The highest BCUT2D eigenvalue weighted by Crippen LogP contribution is 2.52. The number of halogens is 2. The van der Waals surface area contributed by atoms with E-state index in [4.69, 9.17) is 47.0 Å². The molecule has 4 aromatic rings. The molecule has 13 nitrogen and oxygen atoms in total. The molecule has 0 saturated heterocycles. The fraction of sp³-hybridized carbons (Fsp3) is 0.261. The number of benzene rings is 2. The molecule has 0 amide bonds. The highest BCUT2D eigenvalue weighted by Gasteiger charge is 2.45. The molecular formula is C23H23Cl2N5O8P2. The van der Waals surface area contributed by atoms with Gasteiger partial charge in [0, 0.05) is 22.0 Å². The van der Waals surface area contributed by atoms with Crippen molar-refractivity contribution in [1.29, 1.82) is 0 Å². The van der Waals surface area contributed by atoms with Gasteiger partial charge in [-0.2, -0.15) is 0 Å². The second-order valence-corrected chi connectivity index (χ2v) is 12.6. The fourth-order valence-electron chi connectivity index (χ4n) is 4.33. The van der Waals surface area contributed by atoms with Gasteiger partial charge in [0.05, 0.1) is 19.5 Å². The highest BCUT2D eigenvalue weighted by molar-refractivity contribution is 7.48. The molecule has 1 aliphatic rings. The maximum Gasteiger partial charge on any atom is 0.527 e. The van der Waals surface area contributed by atoms with Crippen molar-refractivity contribution in [1.82, 2.24) is 19.5 Å². The van der Waals surface area contributed by atoms with Crippen molar-refractivity contribution in [2.45, 2.75) is 12.5 Å². The number of aromatic nitrogens is 4. The van der Waals surface area contributed by atoms with Crippen LogP contribution in [-0.2, 0) is 18.2 Å². The zero-order chi connectivity index (χ0) is 28.5. The van der Waals surface area contributed by atoms with Gasteiger partial charge in [0.15, 0.2) is 11.5 Å². The van der Waals surface area contributed by atoms with Gasteiger partial charge >= 0.3 is 15.6 Å². The molecule has 2 aromatic heterocycles. The van der Waals surface area contributed by atoms with E-state index < -0.39 is 21.6 Å². The van der Waals surface area contributed by atoms with Gasteiger partial charge < -0.3 is 19.3 Å². The molecule has 1 saturated carbocycles. The number of hydrogen-bond donors (Lipinski definition) is 3. The zero-order valence-corrected chi connectivity index (χ0v) is 23.8. The lowest BCUT2D eigenvalue weighted by molar-refractivity contribution is -0.00444. The molecule has 0 bridgehead atoms. The molecule has 0 spiro atoms. The number of rotatable bonds is 11. The van der Waals surface area contributed by atoms with Gasteiger partial charge in [-0.05, 0) is 60.9 Å². The summed E-state index contributed by atoms with van der Waals surface area (Å²) >= 11 is 11.7. The fourth-order valence-corrected chi connectivity index (χ4v) is 6.20. The van der Waals surface area contributed by atoms with Crippen LogP contribution in [0.25, 0.3) is 11.2 Å². The Bertz CT molecular complexity index is 1590. The van der Waals surface area contributed by atoms with Crippen LogP contribution in [0.3, 0.4) is 0 Å². The van der Waals surface area contributed by atoms with Gasteiger partial charge in [-0.3, -0.25) is 18.8 Å². The molecule has 5 atom stereocenters. The van der Waals surface area contributed by atoms with Crippen LogP contribution in [0.5, 0.6) is 11.5 Å². The van der Waals surface area contributed by atoms with Crippen LogP contribution in [-0.4, -0.2) is 42.5 Å². The van der Waals surface area contributed by atoms with Crippen LogP contribution in [0, 0.1) is 11.8 Å². The van der Waals surface area contributed by atoms with Crippen molar-refractivity contribution in [2.24, 2.45) is 11.8 Å². The van der Waals surface area contributed by atoms with Crippen molar-refractivity contribution in [3.63, 3.8) is 0 Å². The first-order valence-corrected chi connectivity index (χ1v) is 15.5. The van der Waals surface area contributed by atoms with Gasteiger partial charge in [0.25, 0.3) is 0 Å². The Morgan fingerprint density at radius 2 is 1.43 bits per heavy atom. The monoisotopic (exact) mass is 629 g/mol. The Hall–Kier alpha value is -2.73. The Morgan fingerprint density at radius 3 is 2.00 bits per heavy atom. The van der Waals surface area contributed by atoms with Crippen LogP contribution < -0.4 is 14.8 Å². The maximum absolute atomic E-state index is 12.7. The van der Waals surface area contributed by atoms with Gasteiger partial charge in [-0.25, -0.2) is 24.1 Å². The van der Waals surface area contributed by atoms with Crippen LogP contribution in [0.15, 0.2) is 61.2 Å². The molecule has 0 radical (unpaired) electrons. The third kappa shape index (κ3) is 6.76. The van der Waals surface area contributed by atoms with E-state index in [1.807, 2.05) is 0 Å². The van der Waals surface area contributed by atoms with Crippen LogP contribution >= 0.6 is 38.8 Å². The quantitative estimate of drug-likeness (QED) is 0.183. The SMILES string of the molecule is Nc1ncnc2c1ncn2C1CC(COP(=O)(O)Oc2ccc(Cl)cc2)C1COP(=O)(O)Oc1ccc(Cl)cc1. The number of nitrogens with zero attached hydrogens (tertiary/aromatic N) is 4. The first kappa shape index (κ1) is 28.8. The minimum atomic E-state index is -4.54. The largest absolute Gasteiger partial charge is 0.527 e. The predicted molar refractivity (Wildman–Crippen MR) is 146 cm³/mol. The Labute approximate surface area is 238 Å². The van der Waals surface area contributed by atoms with E-state index in [0.717, 1.165) is 0 Å². The summed E-state index contributed by atoms with van der Waals surface area (Å²) in [5, 5.41) is 0.865. The van der Waals surface area contributed by atoms with E-state index in [1.165, 1.54) is 61.2 Å². The molecule has 2 heterocycles. The second-order valence-electron chi connectivity index (χ2n) is 8.93. The molecule has 2 aromatic carbocycles. The number of phosphoric acid groups is 2. The minimum Gasteiger partial charge on any atom is -0.404 e. The smallest absolute Gasteiger partial charge is 0.404 e. The molecule has 40 heavy (non-hydrogen) atoms. The molecule has 0 aliphatic heterocycles. The lowest BCUT2D eigenvalue weighted by atomic mass is 9.70. The van der Waals surface area contributed by atoms with Gasteiger partial charge in [0.1, 0.15) is 23.3 Å². The van der Waals surface area contributed by atoms with E-state index in [-0.39, 0.29) is 42.5 Å². The molecule has 1 aliphatic carbocycles. The number of nitrogens with two attached hydrogens (primary N) is 1. The van der Waals surface area contributed by atoms with Crippen molar-refractivity contribution < 1.29 is 37.0 Å². The van der Waals surface area contributed by atoms with Gasteiger partial charge in [0.2, 0.25) is 0 Å². The summed E-state index contributed by atoms with van der Waals surface area (Å²) in [7, 11) is -9.04. The Balaban J connectivity index is 1.30. The van der Waals surface area contributed by atoms with E-state index in [9.17, 15) is 18.9 Å². The van der Waals surface area contributed by atoms with Crippen molar-refractivity contribution >= 4 is 55.8 Å². The average Bonchev–Trinajstić information content (AvgIpc) is 3.31. The zero-order valence-electron chi connectivity index (χ0n) is 20.5. The van der Waals surface area contributed by atoms with Crippen molar-refractivity contribution in [3.8, 4) is 11.5 Å². The third-order valence-electron chi connectivity index (χ3n) is 6.34. The minimum absolute atomic E-state index is 0.0913. The molecule has 1 fully saturated rings. The van der Waals surface area contributed by atoms with Crippen LogP contribution in [0.4, 0.5) is 5.82 Å². The lowest BCUT2D eigenvalue weighted by Gasteiger charge is -2.45. The van der Waals surface area contributed by atoms with Crippen LogP contribution in [0.1, 0.15) is 12.5 Å². The molecule has 5 rings (SSSR count). The van der Waals surface area contributed by atoms with Crippen LogP contribution in [0.2, 0.25) is 10.0 Å². The topological polar surface area (TPSA) is 181 Å². The number of fused-ring (bicyclic) bond motifs is 1. The van der Waals surface area contributed by atoms with E-state index >= 15 is 0 Å². The van der Waals surface area contributed by atoms with E-state index in [0.29, 0.717) is 27.6 Å². The number of nitrogen functional groups attached to an aromatic ring is 1. The average molecular weight is 630 g/mol. The number of phosphoric ester groups is 2. The van der Waals surface area contributed by atoms with Crippen molar-refractivity contribution in [3.05, 3.63) is 71.2 Å². The number of anilines is 1. The summed E-state index contributed by atoms with van der Waals surface area (Å²) in [5.74, 6) is -0.449. The standard InChI is InChI=1S/C23H23Cl2N5O8P2/c24-15-1-5-17(6-2-15)37-39(31,32)35-10-14-9-20(30-13-29-21-22(26)27-12-28-23(21)30)19(14)11-36-40(33,34)38-18-7-3-16(25)4-8-18/h1-8,12-14,19-20H,9-11H2,(H,31,32)(H,33,34)(H2,26,27,28). The molecule has 5 unspecified atom stereocenters. The second kappa shape index (κ2) is 11.6. The summed E-state index contributed by atoms with van der Waals surface area (Å²) in [6.45, 7) is -0.461. The molecular weight excluding hydrogens is 607 g/mol. The number of imidazole rings is 1. The van der Waals surface area contributed by atoms with Gasteiger partial charge in [-0.1, -0.05) is 23.2 Å². The first-order valence-electron chi connectivity index (χ1n) is 11.8. The van der Waals surface area contributed by atoms with E-state index in [1.54, 1.807) is 4.57 Å². The Morgan fingerprint density at radius 1 is 0.875 bits per heavy atom. The molecule has 17 heteroatoms. The summed E-state index contributed by atoms with van der Waals surface area (Å²) in [5.41, 5.74) is 6.77. The van der Waals surface area contributed by atoms with E-state index in [2.05, 4.69) is 15.0 Å². The van der Waals surface area contributed by atoms with Gasteiger partial charge in [-0.15, -0.1) is 0 Å². The summed E-state index contributed by atoms with van der Waals surface area (Å²) in [6.07, 6.45) is 3.28. The first-order chi connectivity index (χ1) is 19.0. The normalized spacial score (nSPS) is 21.8. The third-order valence-corrected chi connectivity index (χ3v) is 8.68. The molecule has 212 valence electrons. The summed E-state index contributed by atoms with van der Waals surface area (Å²) in [4.78, 5) is 33.1. The lowest BCUT2D eigenvalue weighted by Crippen LogP contribution is -2.43. The number of hydrogen-bond acceptors (Lipinski definition) is 10. The predicted octanol–water partition coefficient (Wildman–Crippen LogP) is 5.28. The Kier molecular flexibility index (Phi) is 8.37. The highest BCUT2D eigenvalue weighted by atomic mass is 35.5.